The van der Waals surface area contributed by atoms with E-state index in [1.54, 1.807) is 41.0 Å². The second-order valence-corrected chi connectivity index (χ2v) is 6.00. The molecule has 29 heavy (non-hydrogen) atoms. The summed E-state index contributed by atoms with van der Waals surface area (Å²) in [5.74, 6) is 0.738. The van der Waals surface area contributed by atoms with Crippen LogP contribution in [0.4, 0.5) is 0 Å². The highest BCUT2D eigenvalue weighted by Gasteiger charge is 2.19. The Morgan fingerprint density at radius 3 is 2.21 bits per heavy atom. The van der Waals surface area contributed by atoms with Gasteiger partial charge in [0.25, 0.3) is 0 Å². The Kier molecular flexibility index (Phi) is 6.04. The first-order valence-electron chi connectivity index (χ1n) is 8.66. The minimum absolute atomic E-state index is 0.0908. The zero-order chi connectivity index (χ0) is 21.0. The van der Waals surface area contributed by atoms with Crippen LogP contribution in [-0.2, 0) is 9.47 Å². The van der Waals surface area contributed by atoms with Crippen molar-refractivity contribution in [3.8, 4) is 22.9 Å². The SMILES string of the molecule is COCOc1ccc(-n2cc(C(=O)OC)c(=O)c3cc(OC)c(OC)cc32)cc1. The van der Waals surface area contributed by atoms with Gasteiger partial charge in [0.05, 0.1) is 32.2 Å². The minimum Gasteiger partial charge on any atom is -0.493 e. The molecule has 0 spiro atoms. The van der Waals surface area contributed by atoms with Crippen LogP contribution in [0.25, 0.3) is 16.6 Å². The maximum Gasteiger partial charge on any atom is 0.343 e. The van der Waals surface area contributed by atoms with E-state index in [1.165, 1.54) is 34.6 Å². The summed E-state index contributed by atoms with van der Waals surface area (Å²) in [7, 11) is 5.76. The predicted octanol–water partition coefficient (Wildman–Crippen LogP) is 2.78. The summed E-state index contributed by atoms with van der Waals surface area (Å²) in [4.78, 5) is 25.1. The molecule has 2 aromatic carbocycles. The van der Waals surface area contributed by atoms with Gasteiger partial charge in [-0.25, -0.2) is 4.79 Å². The fraction of sp³-hybridized carbons (Fsp3) is 0.238. The summed E-state index contributed by atoms with van der Waals surface area (Å²) in [6.45, 7) is 0.129. The van der Waals surface area contributed by atoms with Gasteiger partial charge in [-0.1, -0.05) is 0 Å². The molecule has 0 atom stereocenters. The molecule has 0 unspecified atom stereocenters. The number of rotatable bonds is 7. The molecule has 8 nitrogen and oxygen atoms in total. The van der Waals surface area contributed by atoms with Crippen molar-refractivity contribution in [2.75, 3.05) is 35.2 Å². The number of hydrogen-bond acceptors (Lipinski definition) is 7. The van der Waals surface area contributed by atoms with Crippen molar-refractivity contribution < 1.29 is 28.5 Å². The van der Waals surface area contributed by atoms with Crippen LogP contribution in [0.15, 0.2) is 47.4 Å². The number of aromatic nitrogens is 1. The second kappa shape index (κ2) is 8.66. The number of esters is 1. The topological polar surface area (TPSA) is 85.2 Å². The lowest BCUT2D eigenvalue weighted by Crippen LogP contribution is -2.19. The van der Waals surface area contributed by atoms with E-state index in [0.717, 1.165) is 0 Å². The Bertz CT molecular complexity index is 1090. The van der Waals surface area contributed by atoms with Crippen molar-refractivity contribution in [2.24, 2.45) is 0 Å². The molecule has 3 rings (SSSR count). The lowest BCUT2D eigenvalue weighted by molar-refractivity contribution is 0.0511. The number of carbonyl (C=O) groups is 1. The number of benzene rings is 2. The van der Waals surface area contributed by atoms with E-state index in [0.29, 0.717) is 33.8 Å². The van der Waals surface area contributed by atoms with Gasteiger partial charge < -0.3 is 28.3 Å². The second-order valence-electron chi connectivity index (χ2n) is 6.00. The van der Waals surface area contributed by atoms with Gasteiger partial charge in [0.1, 0.15) is 11.3 Å². The smallest absolute Gasteiger partial charge is 0.343 e. The standard InChI is InChI=1S/C21H21NO7/c1-25-12-29-14-7-5-13(6-8-14)22-11-16(21(24)28-4)20(23)15-9-18(26-2)19(27-3)10-17(15)22/h5-11H,12H2,1-4H3. The first-order valence-corrected chi connectivity index (χ1v) is 8.66. The zero-order valence-corrected chi connectivity index (χ0v) is 16.6. The highest BCUT2D eigenvalue weighted by Crippen LogP contribution is 2.32. The van der Waals surface area contributed by atoms with Crippen molar-refractivity contribution >= 4 is 16.9 Å². The largest absolute Gasteiger partial charge is 0.493 e. The highest BCUT2D eigenvalue weighted by molar-refractivity contribution is 5.95. The molecule has 0 fully saturated rings. The average Bonchev–Trinajstić information content (AvgIpc) is 2.77. The molecule has 0 aliphatic carbocycles. The van der Waals surface area contributed by atoms with E-state index in [4.69, 9.17) is 23.7 Å². The van der Waals surface area contributed by atoms with Crippen LogP contribution < -0.4 is 19.6 Å². The third kappa shape index (κ3) is 3.88. The molecular formula is C21H21NO7. The number of hydrogen-bond donors (Lipinski definition) is 0. The van der Waals surface area contributed by atoms with Gasteiger partial charge in [-0.05, 0) is 30.3 Å². The summed E-state index contributed by atoms with van der Waals surface area (Å²) in [5, 5.41) is 0.297. The fourth-order valence-corrected chi connectivity index (χ4v) is 2.95. The van der Waals surface area contributed by atoms with Crippen molar-refractivity contribution in [1.82, 2.24) is 4.57 Å². The Labute approximate surface area is 167 Å². The molecule has 152 valence electrons. The van der Waals surface area contributed by atoms with E-state index < -0.39 is 11.4 Å². The Balaban J connectivity index is 2.27. The third-order valence-corrected chi connectivity index (χ3v) is 4.37. The zero-order valence-electron chi connectivity index (χ0n) is 16.6. The Hall–Kier alpha value is -3.52. The van der Waals surface area contributed by atoms with E-state index in [9.17, 15) is 9.59 Å². The normalized spacial score (nSPS) is 10.6. The van der Waals surface area contributed by atoms with E-state index in [-0.39, 0.29) is 12.4 Å². The summed E-state index contributed by atoms with van der Waals surface area (Å²) in [6.07, 6.45) is 1.45. The highest BCUT2D eigenvalue weighted by atomic mass is 16.7. The summed E-state index contributed by atoms with van der Waals surface area (Å²) >= 11 is 0. The molecule has 0 aliphatic heterocycles. The summed E-state index contributed by atoms with van der Waals surface area (Å²) < 4.78 is 27.5. The number of carbonyl (C=O) groups excluding carboxylic acids is 1. The fourth-order valence-electron chi connectivity index (χ4n) is 2.95. The van der Waals surface area contributed by atoms with Crippen molar-refractivity contribution in [3.63, 3.8) is 0 Å². The molecule has 0 aliphatic rings. The maximum atomic E-state index is 12.9. The van der Waals surface area contributed by atoms with Crippen LogP contribution in [0.2, 0.25) is 0 Å². The summed E-state index contributed by atoms with van der Waals surface area (Å²) in [6, 6.07) is 10.4. The number of nitrogens with zero attached hydrogens (tertiary/aromatic N) is 1. The van der Waals surface area contributed by atoms with Gasteiger partial charge >= 0.3 is 5.97 Å². The lowest BCUT2D eigenvalue weighted by atomic mass is 10.1. The lowest BCUT2D eigenvalue weighted by Gasteiger charge is -2.16. The molecule has 3 aromatic rings. The maximum absolute atomic E-state index is 12.9. The van der Waals surface area contributed by atoms with Gasteiger partial charge in [-0.3, -0.25) is 4.79 Å². The van der Waals surface area contributed by atoms with E-state index in [1.807, 2.05) is 0 Å². The van der Waals surface area contributed by atoms with Gasteiger partial charge in [0.15, 0.2) is 18.3 Å². The molecule has 0 bridgehead atoms. The molecule has 0 saturated carbocycles. The number of ether oxygens (including phenoxy) is 5. The van der Waals surface area contributed by atoms with E-state index in [2.05, 4.69) is 0 Å². The number of pyridine rings is 1. The van der Waals surface area contributed by atoms with Gasteiger partial charge in [0.2, 0.25) is 5.43 Å². The van der Waals surface area contributed by atoms with Crippen LogP contribution in [0.5, 0.6) is 17.2 Å². The molecule has 8 heteroatoms. The quantitative estimate of drug-likeness (QED) is 0.446. The van der Waals surface area contributed by atoms with Crippen LogP contribution in [0, 0.1) is 0 Å². The van der Waals surface area contributed by atoms with Crippen LogP contribution in [-0.4, -0.2) is 45.8 Å². The Morgan fingerprint density at radius 2 is 1.62 bits per heavy atom. The van der Waals surface area contributed by atoms with Crippen molar-refractivity contribution in [2.45, 2.75) is 0 Å². The predicted molar refractivity (Wildman–Crippen MR) is 106 cm³/mol. The average molecular weight is 399 g/mol. The minimum atomic E-state index is -0.722. The molecular weight excluding hydrogens is 378 g/mol. The molecule has 0 saturated heterocycles. The number of fused-ring (bicyclic) bond motifs is 1. The monoisotopic (exact) mass is 399 g/mol. The van der Waals surface area contributed by atoms with Crippen LogP contribution in [0.3, 0.4) is 0 Å². The Morgan fingerprint density at radius 1 is 0.966 bits per heavy atom. The molecule has 0 amide bonds. The first kappa shape index (κ1) is 20.2. The van der Waals surface area contributed by atoms with Gasteiger partial charge in [-0.15, -0.1) is 0 Å². The molecule has 1 aromatic heterocycles. The number of methoxy groups -OCH3 is 4. The van der Waals surface area contributed by atoms with Gasteiger partial charge in [-0.2, -0.15) is 0 Å². The van der Waals surface area contributed by atoms with Gasteiger partial charge in [0, 0.05) is 25.1 Å². The van der Waals surface area contributed by atoms with Crippen LogP contribution >= 0.6 is 0 Å². The van der Waals surface area contributed by atoms with E-state index >= 15 is 0 Å². The van der Waals surface area contributed by atoms with Crippen molar-refractivity contribution in [1.29, 1.82) is 0 Å². The molecule has 0 radical (unpaired) electrons. The molecule has 1 heterocycles. The first-order chi connectivity index (χ1) is 14.0. The van der Waals surface area contributed by atoms with Crippen molar-refractivity contribution in [3.05, 3.63) is 58.4 Å². The summed E-state index contributed by atoms with van der Waals surface area (Å²) in [5.41, 5.74) is 0.707. The van der Waals surface area contributed by atoms with Crippen LogP contribution in [0.1, 0.15) is 10.4 Å². The molecule has 0 N–H and O–H groups in total. The third-order valence-electron chi connectivity index (χ3n) is 4.37.